The number of halogens is 3. The summed E-state index contributed by atoms with van der Waals surface area (Å²) in [7, 11) is 0. The monoisotopic (exact) mass is 320 g/mol. The Hall–Kier alpha value is -2.65. The van der Waals surface area contributed by atoms with Gasteiger partial charge in [0.15, 0.2) is 0 Å². The van der Waals surface area contributed by atoms with Gasteiger partial charge in [0.05, 0.1) is 17.1 Å². The van der Waals surface area contributed by atoms with E-state index in [0.29, 0.717) is 6.07 Å². The summed E-state index contributed by atoms with van der Waals surface area (Å²) in [4.78, 5) is 32.5. The number of esters is 1. The minimum absolute atomic E-state index is 0.0969. The summed E-state index contributed by atoms with van der Waals surface area (Å²) in [5.41, 5.74) is -2.90. The van der Waals surface area contributed by atoms with E-state index in [1.54, 1.807) is 0 Å². The van der Waals surface area contributed by atoms with Crippen LogP contribution in [0.4, 0.5) is 24.5 Å². The molecule has 0 heterocycles. The SMILES string of the molecule is CCOC(=O)C(=O)Nc1c(C)cc(C(F)(F)F)cc1[N+](=O)[O-]. The van der Waals surface area contributed by atoms with E-state index in [-0.39, 0.29) is 18.2 Å². The van der Waals surface area contributed by atoms with Crippen LogP contribution in [0.1, 0.15) is 18.1 Å². The molecule has 1 aromatic carbocycles. The summed E-state index contributed by atoms with van der Waals surface area (Å²) >= 11 is 0. The first-order chi connectivity index (χ1) is 10.1. The van der Waals surface area contributed by atoms with Gasteiger partial charge >= 0.3 is 18.1 Å². The van der Waals surface area contributed by atoms with Crippen molar-refractivity contribution in [2.45, 2.75) is 20.0 Å². The number of nitro groups is 1. The molecule has 0 aliphatic rings. The lowest BCUT2D eigenvalue weighted by molar-refractivity contribution is -0.384. The number of anilines is 1. The van der Waals surface area contributed by atoms with Gasteiger partial charge in [-0.05, 0) is 25.5 Å². The fourth-order valence-electron chi connectivity index (χ4n) is 1.60. The molecule has 10 heteroatoms. The smallest absolute Gasteiger partial charge is 0.416 e. The van der Waals surface area contributed by atoms with E-state index in [1.165, 1.54) is 6.92 Å². The van der Waals surface area contributed by atoms with Gasteiger partial charge in [-0.15, -0.1) is 0 Å². The van der Waals surface area contributed by atoms with Crippen LogP contribution in [0.5, 0.6) is 0 Å². The van der Waals surface area contributed by atoms with Crippen molar-refractivity contribution in [3.63, 3.8) is 0 Å². The maximum atomic E-state index is 12.7. The Morgan fingerprint density at radius 3 is 2.41 bits per heavy atom. The lowest BCUT2D eigenvalue weighted by atomic mass is 10.1. The molecule has 22 heavy (non-hydrogen) atoms. The predicted molar refractivity (Wildman–Crippen MR) is 68.1 cm³/mol. The molecule has 1 N–H and O–H groups in total. The van der Waals surface area contributed by atoms with E-state index >= 15 is 0 Å². The molecule has 0 saturated carbocycles. The maximum absolute atomic E-state index is 12.7. The highest BCUT2D eigenvalue weighted by molar-refractivity contribution is 6.37. The van der Waals surface area contributed by atoms with E-state index in [1.807, 2.05) is 5.32 Å². The Morgan fingerprint density at radius 1 is 1.36 bits per heavy atom. The first-order valence-corrected chi connectivity index (χ1v) is 5.92. The summed E-state index contributed by atoms with van der Waals surface area (Å²) < 4.78 is 42.3. The zero-order chi connectivity index (χ0) is 17.1. The fraction of sp³-hybridized carbons (Fsp3) is 0.333. The first kappa shape index (κ1) is 17.4. The Balaban J connectivity index is 3.28. The number of carbonyl (C=O) groups is 2. The van der Waals surface area contributed by atoms with Gasteiger partial charge in [0, 0.05) is 6.07 Å². The van der Waals surface area contributed by atoms with Gasteiger partial charge in [0.1, 0.15) is 5.69 Å². The molecule has 0 aliphatic carbocycles. The first-order valence-electron chi connectivity index (χ1n) is 5.92. The lowest BCUT2D eigenvalue weighted by Crippen LogP contribution is -2.26. The molecule has 120 valence electrons. The third kappa shape index (κ3) is 3.93. The van der Waals surface area contributed by atoms with Crippen molar-refractivity contribution >= 4 is 23.3 Å². The molecule has 0 unspecified atom stereocenters. The van der Waals surface area contributed by atoms with Crippen molar-refractivity contribution in [3.8, 4) is 0 Å². The standard InChI is InChI=1S/C12H11F3N2O5/c1-3-22-11(19)10(18)16-9-6(2)4-7(12(13,14)15)5-8(9)17(20)21/h4-5H,3H2,1-2H3,(H,16,18). The van der Waals surface area contributed by atoms with Gasteiger partial charge in [0.2, 0.25) is 0 Å². The van der Waals surface area contributed by atoms with Crippen molar-refractivity contribution in [1.29, 1.82) is 0 Å². The number of rotatable bonds is 3. The molecule has 0 radical (unpaired) electrons. The zero-order valence-electron chi connectivity index (χ0n) is 11.5. The van der Waals surface area contributed by atoms with Crippen LogP contribution in [-0.4, -0.2) is 23.4 Å². The number of aryl methyl sites for hydroxylation is 1. The van der Waals surface area contributed by atoms with Crippen LogP contribution in [0, 0.1) is 17.0 Å². The maximum Gasteiger partial charge on any atom is 0.416 e. The van der Waals surface area contributed by atoms with Crippen molar-refractivity contribution < 1.29 is 32.4 Å². The van der Waals surface area contributed by atoms with Gasteiger partial charge in [-0.3, -0.25) is 14.9 Å². The molecule has 1 rings (SSSR count). The number of ether oxygens (including phenoxy) is 1. The second-order valence-electron chi connectivity index (χ2n) is 4.12. The normalized spacial score (nSPS) is 11.0. The van der Waals surface area contributed by atoms with E-state index < -0.39 is 39.9 Å². The second-order valence-corrected chi connectivity index (χ2v) is 4.12. The van der Waals surface area contributed by atoms with Crippen LogP contribution in [-0.2, 0) is 20.5 Å². The minimum Gasteiger partial charge on any atom is -0.459 e. The van der Waals surface area contributed by atoms with Crippen LogP contribution < -0.4 is 5.32 Å². The van der Waals surface area contributed by atoms with Gasteiger partial charge in [-0.1, -0.05) is 0 Å². The Morgan fingerprint density at radius 2 is 1.95 bits per heavy atom. The molecule has 1 amide bonds. The van der Waals surface area contributed by atoms with Crippen LogP contribution >= 0.6 is 0 Å². The van der Waals surface area contributed by atoms with Crippen LogP contribution in [0.15, 0.2) is 12.1 Å². The van der Waals surface area contributed by atoms with Crippen molar-refractivity contribution in [2.24, 2.45) is 0 Å². The largest absolute Gasteiger partial charge is 0.459 e. The highest BCUT2D eigenvalue weighted by Gasteiger charge is 2.34. The molecule has 0 aliphatic heterocycles. The fourth-order valence-corrected chi connectivity index (χ4v) is 1.60. The number of amides is 1. The van der Waals surface area contributed by atoms with Gasteiger partial charge in [-0.25, -0.2) is 4.79 Å². The number of hydrogen-bond acceptors (Lipinski definition) is 5. The Kier molecular flexibility index (Phi) is 5.07. The summed E-state index contributed by atoms with van der Waals surface area (Å²) in [6.45, 7) is 2.49. The highest BCUT2D eigenvalue weighted by atomic mass is 19.4. The quantitative estimate of drug-likeness (QED) is 0.399. The minimum atomic E-state index is -4.78. The van der Waals surface area contributed by atoms with E-state index in [9.17, 15) is 32.9 Å². The number of nitro benzene ring substituents is 1. The molecular weight excluding hydrogens is 309 g/mol. The summed E-state index contributed by atoms with van der Waals surface area (Å²) in [6.07, 6.45) is -4.78. The highest BCUT2D eigenvalue weighted by Crippen LogP contribution is 2.37. The molecule has 0 bridgehead atoms. The van der Waals surface area contributed by atoms with Crippen molar-refractivity contribution in [3.05, 3.63) is 33.4 Å². The van der Waals surface area contributed by atoms with Crippen LogP contribution in [0.25, 0.3) is 0 Å². The van der Waals surface area contributed by atoms with Crippen LogP contribution in [0.3, 0.4) is 0 Å². The third-order valence-corrected chi connectivity index (χ3v) is 2.54. The molecule has 0 spiro atoms. The summed E-state index contributed by atoms with van der Waals surface area (Å²) in [6, 6.07) is 0.918. The molecule has 0 aromatic heterocycles. The Labute approximate surface area is 122 Å². The molecule has 0 saturated heterocycles. The van der Waals surface area contributed by atoms with Gasteiger partial charge in [-0.2, -0.15) is 13.2 Å². The summed E-state index contributed by atoms with van der Waals surface area (Å²) in [5.74, 6) is -2.61. The number of nitrogens with one attached hydrogen (secondary N) is 1. The molecule has 1 aromatic rings. The average molecular weight is 320 g/mol. The third-order valence-electron chi connectivity index (χ3n) is 2.54. The predicted octanol–water partition coefficient (Wildman–Crippen LogP) is 2.42. The van der Waals surface area contributed by atoms with Crippen molar-refractivity contribution in [2.75, 3.05) is 11.9 Å². The molecule has 0 fully saturated rings. The number of hydrogen-bond donors (Lipinski definition) is 1. The second kappa shape index (κ2) is 6.41. The van der Waals surface area contributed by atoms with E-state index in [4.69, 9.17) is 0 Å². The van der Waals surface area contributed by atoms with Gasteiger partial charge < -0.3 is 10.1 Å². The number of nitrogens with zero attached hydrogens (tertiary/aromatic N) is 1. The summed E-state index contributed by atoms with van der Waals surface area (Å²) in [5, 5.41) is 12.8. The number of carbonyl (C=O) groups excluding carboxylic acids is 2. The topological polar surface area (TPSA) is 98.5 Å². The zero-order valence-corrected chi connectivity index (χ0v) is 11.5. The molecular formula is C12H11F3N2O5. The molecule has 0 atom stereocenters. The average Bonchev–Trinajstić information content (AvgIpc) is 2.39. The lowest BCUT2D eigenvalue weighted by Gasteiger charge is -2.12. The number of benzene rings is 1. The van der Waals surface area contributed by atoms with E-state index in [0.717, 1.165) is 6.92 Å². The van der Waals surface area contributed by atoms with Crippen LogP contribution in [0.2, 0.25) is 0 Å². The number of alkyl halides is 3. The van der Waals surface area contributed by atoms with Crippen molar-refractivity contribution in [1.82, 2.24) is 0 Å². The van der Waals surface area contributed by atoms with E-state index in [2.05, 4.69) is 4.74 Å². The molecule has 7 nitrogen and oxygen atoms in total. The Bertz CT molecular complexity index is 628. The van der Waals surface area contributed by atoms with Gasteiger partial charge in [0.25, 0.3) is 5.69 Å².